The summed E-state index contributed by atoms with van der Waals surface area (Å²) in [7, 11) is 0. The van der Waals surface area contributed by atoms with Crippen molar-refractivity contribution >= 4 is 5.97 Å². The molecular weight excluding hydrogens is 182 g/mol. The number of aryl methyl sites for hydroxylation is 1. The summed E-state index contributed by atoms with van der Waals surface area (Å²) in [5, 5.41) is 17.3. The van der Waals surface area contributed by atoms with Gasteiger partial charge in [-0.05, 0) is 19.0 Å². The molecule has 1 heterocycles. The second kappa shape index (κ2) is 4.40. The second-order valence-electron chi connectivity index (χ2n) is 2.39. The van der Waals surface area contributed by atoms with Crippen LogP contribution in [0.3, 0.4) is 0 Å². The monoisotopic (exact) mass is 194 g/mol. The zero-order valence-corrected chi connectivity index (χ0v) is 7.11. The molecule has 0 aromatic carbocycles. The van der Waals surface area contributed by atoms with E-state index in [0.29, 0.717) is 0 Å². The van der Waals surface area contributed by atoms with Gasteiger partial charge in [-0.15, -0.1) is 0 Å². The molecular formula is C10H9NO3. The Balaban J connectivity index is 3.34. The third-order valence-electron chi connectivity index (χ3n) is 1.36. The maximum absolute atomic E-state index is 10.8. The predicted molar refractivity (Wildman–Crippen MR) is 49.9 cm³/mol. The number of carboxylic acids is 1. The number of aliphatic hydroxyl groups excluding tert-OH is 1. The van der Waals surface area contributed by atoms with Crippen molar-refractivity contribution < 1.29 is 19.1 Å². The molecule has 1 aromatic rings. The Morgan fingerprint density at radius 3 is 3.07 bits per heavy atom. The zero-order chi connectivity index (χ0) is 13.1. The van der Waals surface area contributed by atoms with Crippen LogP contribution in [0.5, 0.6) is 0 Å². The van der Waals surface area contributed by atoms with Crippen molar-refractivity contribution in [2.45, 2.75) is 6.85 Å². The van der Waals surface area contributed by atoms with Gasteiger partial charge in [0.15, 0.2) is 0 Å². The van der Waals surface area contributed by atoms with E-state index in [1.54, 1.807) is 0 Å². The molecule has 0 aliphatic heterocycles. The molecule has 4 heteroatoms. The van der Waals surface area contributed by atoms with Crippen LogP contribution in [0.15, 0.2) is 12.1 Å². The quantitative estimate of drug-likeness (QED) is 0.636. The number of aromatic carboxylic acids is 1. The third-order valence-corrected chi connectivity index (χ3v) is 1.36. The van der Waals surface area contributed by atoms with Gasteiger partial charge in [-0.2, -0.15) is 0 Å². The van der Waals surface area contributed by atoms with Crippen molar-refractivity contribution in [2.24, 2.45) is 0 Å². The SMILES string of the molecule is [2H]C([2H])([2H])c1cc(C#CCO)cc(C(=O)O)n1. The van der Waals surface area contributed by atoms with Crippen molar-refractivity contribution in [3.8, 4) is 11.8 Å². The van der Waals surface area contributed by atoms with E-state index in [1.807, 2.05) is 0 Å². The summed E-state index contributed by atoms with van der Waals surface area (Å²) in [6.07, 6.45) is 0. The highest BCUT2D eigenvalue weighted by molar-refractivity contribution is 5.85. The van der Waals surface area contributed by atoms with Gasteiger partial charge in [-0.1, -0.05) is 11.8 Å². The van der Waals surface area contributed by atoms with Gasteiger partial charge in [0.05, 0.1) is 0 Å². The number of carbonyl (C=O) groups is 1. The number of carboxylic acid groups (broad SMARTS) is 1. The van der Waals surface area contributed by atoms with E-state index in [-0.39, 0.29) is 17.0 Å². The molecule has 0 aliphatic carbocycles. The average molecular weight is 194 g/mol. The zero-order valence-electron chi connectivity index (χ0n) is 10.1. The summed E-state index contributed by atoms with van der Waals surface area (Å²) in [5.74, 6) is 3.43. The number of hydrogen-bond donors (Lipinski definition) is 2. The maximum atomic E-state index is 10.8. The number of rotatable bonds is 1. The van der Waals surface area contributed by atoms with Crippen molar-refractivity contribution in [1.82, 2.24) is 4.98 Å². The topological polar surface area (TPSA) is 70.4 Å². The largest absolute Gasteiger partial charge is 0.477 e. The number of aromatic nitrogens is 1. The van der Waals surface area contributed by atoms with E-state index < -0.39 is 19.4 Å². The van der Waals surface area contributed by atoms with Gasteiger partial charge in [0.25, 0.3) is 0 Å². The van der Waals surface area contributed by atoms with Crippen molar-refractivity contribution in [3.63, 3.8) is 0 Å². The van der Waals surface area contributed by atoms with Gasteiger partial charge >= 0.3 is 5.97 Å². The van der Waals surface area contributed by atoms with E-state index in [1.165, 1.54) is 6.07 Å². The van der Waals surface area contributed by atoms with Gasteiger partial charge in [0.2, 0.25) is 0 Å². The summed E-state index contributed by atoms with van der Waals surface area (Å²) in [4.78, 5) is 14.3. The minimum Gasteiger partial charge on any atom is -0.477 e. The lowest BCUT2D eigenvalue weighted by molar-refractivity contribution is 0.0690. The third kappa shape index (κ3) is 2.57. The molecule has 0 amide bonds. The second-order valence-corrected chi connectivity index (χ2v) is 2.39. The lowest BCUT2D eigenvalue weighted by Gasteiger charge is -1.97. The first kappa shape index (κ1) is 6.57. The van der Waals surface area contributed by atoms with Gasteiger partial charge in [-0.3, -0.25) is 0 Å². The molecule has 4 nitrogen and oxygen atoms in total. The van der Waals surface area contributed by atoms with E-state index in [4.69, 9.17) is 14.3 Å². The highest BCUT2D eigenvalue weighted by Gasteiger charge is 2.05. The lowest BCUT2D eigenvalue weighted by atomic mass is 10.2. The summed E-state index contributed by atoms with van der Waals surface area (Å²) in [6.45, 7) is -2.89. The fourth-order valence-corrected chi connectivity index (χ4v) is 0.854. The van der Waals surface area contributed by atoms with Gasteiger partial charge in [0.1, 0.15) is 12.3 Å². The molecule has 14 heavy (non-hydrogen) atoms. The Labute approximate surface area is 85.4 Å². The van der Waals surface area contributed by atoms with E-state index >= 15 is 0 Å². The average Bonchev–Trinajstić information content (AvgIpc) is 2.24. The first-order valence-electron chi connectivity index (χ1n) is 5.20. The van der Waals surface area contributed by atoms with E-state index in [0.717, 1.165) is 6.07 Å². The van der Waals surface area contributed by atoms with Crippen LogP contribution in [-0.4, -0.2) is 27.8 Å². The van der Waals surface area contributed by atoms with Gasteiger partial charge in [-0.25, -0.2) is 9.78 Å². The molecule has 0 saturated heterocycles. The van der Waals surface area contributed by atoms with E-state index in [9.17, 15) is 4.79 Å². The molecule has 0 bridgehead atoms. The molecule has 0 radical (unpaired) electrons. The summed E-state index contributed by atoms with van der Waals surface area (Å²) in [5.41, 5.74) is -0.530. The van der Waals surface area contributed by atoms with Crippen LogP contribution >= 0.6 is 0 Å². The molecule has 0 unspecified atom stereocenters. The number of aliphatic hydroxyl groups is 1. The fraction of sp³-hybridized carbons (Fsp3) is 0.200. The Morgan fingerprint density at radius 2 is 2.50 bits per heavy atom. The van der Waals surface area contributed by atoms with Crippen LogP contribution in [0.2, 0.25) is 0 Å². The molecule has 1 aromatic heterocycles. The molecule has 0 saturated carbocycles. The normalized spacial score (nSPS) is 13.1. The number of hydrogen-bond acceptors (Lipinski definition) is 3. The van der Waals surface area contributed by atoms with Crippen LogP contribution in [0.1, 0.15) is 25.9 Å². The molecule has 1 rings (SSSR count). The van der Waals surface area contributed by atoms with Crippen LogP contribution in [0.4, 0.5) is 0 Å². The van der Waals surface area contributed by atoms with Crippen molar-refractivity contribution in [2.75, 3.05) is 6.61 Å². The molecule has 0 fully saturated rings. The molecule has 0 atom stereocenters. The highest BCUT2D eigenvalue weighted by Crippen LogP contribution is 2.04. The number of pyridine rings is 1. The van der Waals surface area contributed by atoms with Crippen LogP contribution in [-0.2, 0) is 0 Å². The summed E-state index contributed by atoms with van der Waals surface area (Å²) >= 11 is 0. The van der Waals surface area contributed by atoms with Gasteiger partial charge in [0, 0.05) is 15.4 Å². The van der Waals surface area contributed by atoms with Crippen LogP contribution in [0, 0.1) is 18.7 Å². The van der Waals surface area contributed by atoms with Crippen molar-refractivity contribution in [1.29, 1.82) is 0 Å². The lowest BCUT2D eigenvalue weighted by Crippen LogP contribution is -2.02. The molecule has 0 aliphatic rings. The van der Waals surface area contributed by atoms with E-state index in [2.05, 4.69) is 16.8 Å². The van der Waals surface area contributed by atoms with Crippen molar-refractivity contribution in [3.05, 3.63) is 29.1 Å². The Morgan fingerprint density at radius 1 is 1.71 bits per heavy atom. The first-order valence-corrected chi connectivity index (χ1v) is 3.70. The highest BCUT2D eigenvalue weighted by atomic mass is 16.4. The van der Waals surface area contributed by atoms with Crippen LogP contribution < -0.4 is 0 Å². The van der Waals surface area contributed by atoms with Gasteiger partial charge < -0.3 is 10.2 Å². The molecule has 0 spiro atoms. The fourth-order valence-electron chi connectivity index (χ4n) is 0.854. The first-order chi connectivity index (χ1) is 7.84. The summed E-state index contributed by atoms with van der Waals surface area (Å²) in [6, 6.07) is 2.34. The maximum Gasteiger partial charge on any atom is 0.354 e. The minimum atomic E-state index is -2.50. The standard InChI is InChI=1S/C10H9NO3/c1-7-5-8(3-2-4-12)6-9(11-7)10(13)14/h5-6,12H,4H2,1H3,(H,13,14)/i1D3. The smallest absolute Gasteiger partial charge is 0.354 e. The predicted octanol–water partition coefficient (Wildman–Crippen LogP) is 0.432. The number of nitrogens with zero attached hydrogens (tertiary/aromatic N) is 1. The Hall–Kier alpha value is -1.86. The van der Waals surface area contributed by atoms with Crippen LogP contribution in [0.25, 0.3) is 0 Å². The molecule has 2 N–H and O–H groups in total. The Kier molecular flexibility index (Phi) is 2.06. The summed E-state index contributed by atoms with van der Waals surface area (Å²) < 4.78 is 21.5. The Bertz CT molecular complexity index is 500. The molecule has 72 valence electrons. The minimum absolute atomic E-state index is 0.192.